The van der Waals surface area contributed by atoms with E-state index in [0.717, 1.165) is 39.8 Å². The first-order valence-corrected chi connectivity index (χ1v) is 9.93. The van der Waals surface area contributed by atoms with Crippen molar-refractivity contribution in [1.82, 2.24) is 20.9 Å². The van der Waals surface area contributed by atoms with Crippen molar-refractivity contribution in [2.75, 3.05) is 19.6 Å². The van der Waals surface area contributed by atoms with Crippen LogP contribution in [0.4, 0.5) is 13.2 Å². The van der Waals surface area contributed by atoms with Crippen LogP contribution in [-0.4, -0.2) is 36.5 Å². The van der Waals surface area contributed by atoms with E-state index in [0.29, 0.717) is 32.1 Å². The maximum absolute atomic E-state index is 12.6. The molecule has 2 aromatic rings. The van der Waals surface area contributed by atoms with Crippen molar-refractivity contribution in [2.24, 2.45) is 4.99 Å². The molecule has 1 aromatic carbocycles. The second-order valence-electron chi connectivity index (χ2n) is 6.19. The number of halogens is 3. The third-order valence-electron chi connectivity index (χ3n) is 3.90. The van der Waals surface area contributed by atoms with Gasteiger partial charge in [0.1, 0.15) is 0 Å². The molecular weight excluding hydrogens is 403 g/mol. The monoisotopic (exact) mass is 427 g/mol. The highest BCUT2D eigenvalue weighted by Crippen LogP contribution is 2.29. The molecule has 0 aliphatic heterocycles. The second-order valence-corrected chi connectivity index (χ2v) is 7.48. The number of hydrogen-bond donors (Lipinski definition) is 3. The van der Waals surface area contributed by atoms with Crippen LogP contribution in [-0.2, 0) is 12.7 Å². The maximum Gasteiger partial charge on any atom is 0.416 e. The zero-order valence-corrected chi connectivity index (χ0v) is 17.3. The molecule has 0 atom stereocenters. The molecule has 158 valence electrons. The number of nitrogens with one attached hydrogen (secondary N) is 3. The summed E-state index contributed by atoms with van der Waals surface area (Å²) in [6.45, 7) is 7.75. The molecule has 3 N–H and O–H groups in total. The van der Waals surface area contributed by atoms with E-state index in [2.05, 4.69) is 25.9 Å². The molecule has 29 heavy (non-hydrogen) atoms. The number of alkyl halides is 3. The number of carbonyl (C=O) groups is 1. The molecule has 0 bridgehead atoms. The van der Waals surface area contributed by atoms with Crippen LogP contribution in [0.5, 0.6) is 0 Å². The number of rotatable bonds is 7. The standard InChI is InChI=1S/C19H24F3N5OS/c1-4-23-18(26-11-16-12(2)27-13(3)29-16)25-10-9-24-17(28)14-5-7-15(8-6-14)19(20,21)22/h5-8H,4,9-11H2,1-3H3,(H,24,28)(H2,23,25,26). The lowest BCUT2D eigenvalue weighted by atomic mass is 10.1. The van der Waals surface area contributed by atoms with Crippen LogP contribution >= 0.6 is 11.3 Å². The number of amides is 1. The fourth-order valence-corrected chi connectivity index (χ4v) is 3.34. The van der Waals surface area contributed by atoms with Crippen LogP contribution in [0.2, 0.25) is 0 Å². The van der Waals surface area contributed by atoms with E-state index >= 15 is 0 Å². The summed E-state index contributed by atoms with van der Waals surface area (Å²) in [6, 6.07) is 4.12. The zero-order chi connectivity index (χ0) is 21.4. The van der Waals surface area contributed by atoms with Gasteiger partial charge < -0.3 is 16.0 Å². The van der Waals surface area contributed by atoms with Gasteiger partial charge in [-0.2, -0.15) is 13.2 Å². The minimum absolute atomic E-state index is 0.176. The van der Waals surface area contributed by atoms with Gasteiger partial charge in [-0.25, -0.2) is 9.98 Å². The average molecular weight is 427 g/mol. The number of benzene rings is 1. The van der Waals surface area contributed by atoms with Crippen LogP contribution in [0, 0.1) is 13.8 Å². The first-order valence-electron chi connectivity index (χ1n) is 9.11. The Morgan fingerprint density at radius 2 is 1.76 bits per heavy atom. The summed E-state index contributed by atoms with van der Waals surface area (Å²) in [5.74, 6) is 0.181. The van der Waals surface area contributed by atoms with E-state index < -0.39 is 17.6 Å². The highest BCUT2D eigenvalue weighted by Gasteiger charge is 2.30. The molecule has 1 aromatic heterocycles. The molecule has 0 fully saturated rings. The van der Waals surface area contributed by atoms with E-state index in [4.69, 9.17) is 0 Å². The van der Waals surface area contributed by atoms with Gasteiger partial charge in [-0.1, -0.05) is 0 Å². The van der Waals surface area contributed by atoms with Gasteiger partial charge in [-0.3, -0.25) is 4.79 Å². The molecule has 1 heterocycles. The molecular formula is C19H24F3N5OS. The molecule has 0 aliphatic carbocycles. The van der Waals surface area contributed by atoms with Crippen molar-refractivity contribution in [3.63, 3.8) is 0 Å². The smallest absolute Gasteiger partial charge is 0.357 e. The van der Waals surface area contributed by atoms with Gasteiger partial charge >= 0.3 is 6.18 Å². The number of guanidine groups is 1. The fourth-order valence-electron chi connectivity index (χ4n) is 2.48. The molecule has 0 aliphatic rings. The molecule has 0 saturated heterocycles. The quantitative estimate of drug-likeness (QED) is 0.360. The summed E-state index contributed by atoms with van der Waals surface area (Å²) < 4.78 is 37.7. The fraction of sp³-hybridized carbons (Fsp3) is 0.421. The summed E-state index contributed by atoms with van der Waals surface area (Å²) in [6.07, 6.45) is -4.42. The third-order valence-corrected chi connectivity index (χ3v) is 4.96. The van der Waals surface area contributed by atoms with Crippen molar-refractivity contribution >= 4 is 23.2 Å². The first kappa shape index (κ1) is 22.7. The Morgan fingerprint density at radius 3 is 2.31 bits per heavy atom. The highest BCUT2D eigenvalue weighted by molar-refractivity contribution is 7.11. The SMILES string of the molecule is CCNC(=NCc1sc(C)nc1C)NCCNC(=O)c1ccc(C(F)(F)F)cc1. The molecule has 6 nitrogen and oxygen atoms in total. The van der Waals surface area contributed by atoms with Gasteiger partial charge in [-0.05, 0) is 45.0 Å². The van der Waals surface area contributed by atoms with E-state index in [1.807, 2.05) is 20.8 Å². The van der Waals surface area contributed by atoms with Crippen LogP contribution in [0.15, 0.2) is 29.3 Å². The summed E-state index contributed by atoms with van der Waals surface area (Å²) in [7, 11) is 0. The number of nitrogens with zero attached hydrogens (tertiary/aromatic N) is 2. The summed E-state index contributed by atoms with van der Waals surface area (Å²) in [4.78, 5) is 22.0. The average Bonchev–Trinajstić information content (AvgIpc) is 2.99. The predicted molar refractivity (Wildman–Crippen MR) is 108 cm³/mol. The van der Waals surface area contributed by atoms with Gasteiger partial charge in [-0.15, -0.1) is 11.3 Å². The predicted octanol–water partition coefficient (Wildman–Crippen LogP) is 3.26. The van der Waals surface area contributed by atoms with Gasteiger partial charge in [0.25, 0.3) is 5.91 Å². The summed E-state index contributed by atoms with van der Waals surface area (Å²) >= 11 is 1.61. The Kier molecular flexibility index (Phi) is 8.00. The van der Waals surface area contributed by atoms with Gasteiger partial charge in [0.05, 0.1) is 22.8 Å². The van der Waals surface area contributed by atoms with Crippen LogP contribution < -0.4 is 16.0 Å². The lowest BCUT2D eigenvalue weighted by Gasteiger charge is -2.12. The Labute approximate surface area is 171 Å². The van der Waals surface area contributed by atoms with E-state index in [1.54, 1.807) is 11.3 Å². The van der Waals surface area contributed by atoms with E-state index in [9.17, 15) is 18.0 Å². The van der Waals surface area contributed by atoms with Gasteiger partial charge in [0.2, 0.25) is 0 Å². The molecule has 10 heteroatoms. The van der Waals surface area contributed by atoms with Crippen LogP contribution in [0.25, 0.3) is 0 Å². The molecule has 0 unspecified atom stereocenters. The minimum atomic E-state index is -4.42. The Hall–Kier alpha value is -2.62. The number of aliphatic imine (C=N–C) groups is 1. The summed E-state index contributed by atoms with van der Waals surface area (Å²) in [5.41, 5.74) is 0.360. The van der Waals surface area contributed by atoms with Crippen molar-refractivity contribution < 1.29 is 18.0 Å². The lowest BCUT2D eigenvalue weighted by Crippen LogP contribution is -2.41. The lowest BCUT2D eigenvalue weighted by molar-refractivity contribution is -0.137. The maximum atomic E-state index is 12.6. The summed E-state index contributed by atoms with van der Waals surface area (Å²) in [5, 5.41) is 9.90. The van der Waals surface area contributed by atoms with Crippen molar-refractivity contribution in [1.29, 1.82) is 0 Å². The highest BCUT2D eigenvalue weighted by atomic mass is 32.1. The van der Waals surface area contributed by atoms with E-state index in [-0.39, 0.29) is 5.56 Å². The molecule has 1 amide bonds. The number of hydrogen-bond acceptors (Lipinski definition) is 4. The number of thiazole rings is 1. The van der Waals surface area contributed by atoms with Crippen molar-refractivity contribution in [3.05, 3.63) is 51.0 Å². The van der Waals surface area contributed by atoms with E-state index in [1.165, 1.54) is 0 Å². The number of carbonyl (C=O) groups excluding carboxylic acids is 1. The van der Waals surface area contributed by atoms with Crippen molar-refractivity contribution in [3.8, 4) is 0 Å². The Morgan fingerprint density at radius 1 is 1.10 bits per heavy atom. The largest absolute Gasteiger partial charge is 0.416 e. The second kappa shape index (κ2) is 10.2. The molecule has 0 radical (unpaired) electrons. The van der Waals surface area contributed by atoms with Crippen LogP contribution in [0.1, 0.15) is 38.4 Å². The topological polar surface area (TPSA) is 78.4 Å². The number of aromatic nitrogens is 1. The minimum Gasteiger partial charge on any atom is -0.357 e. The third kappa shape index (κ3) is 7.04. The molecule has 2 rings (SSSR count). The number of aryl methyl sites for hydroxylation is 2. The van der Waals surface area contributed by atoms with Gasteiger partial charge in [0.15, 0.2) is 5.96 Å². The van der Waals surface area contributed by atoms with Gasteiger partial charge in [0, 0.05) is 30.1 Å². The zero-order valence-electron chi connectivity index (χ0n) is 16.5. The Bertz CT molecular complexity index is 847. The normalized spacial score (nSPS) is 12.0. The first-order chi connectivity index (χ1) is 13.7. The van der Waals surface area contributed by atoms with Crippen LogP contribution in [0.3, 0.4) is 0 Å². The Balaban J connectivity index is 1.82. The molecule has 0 spiro atoms. The van der Waals surface area contributed by atoms with Crippen molar-refractivity contribution in [2.45, 2.75) is 33.5 Å². The molecule has 0 saturated carbocycles.